The number of aromatic nitrogens is 2. The number of carbonyl (C=O) groups excluding carboxylic acids is 5. The third-order valence-corrected chi connectivity index (χ3v) is 10.8. The summed E-state index contributed by atoms with van der Waals surface area (Å²) in [7, 11) is 0. The number of Topliss-reactive ketones (excluding diaryl/α,β-unsaturated/α-hetero) is 1. The Morgan fingerprint density at radius 3 is 1.38 bits per heavy atom. The van der Waals surface area contributed by atoms with E-state index >= 15 is 0 Å². The summed E-state index contributed by atoms with van der Waals surface area (Å²) in [6, 6.07) is 36.2. The van der Waals surface area contributed by atoms with Crippen molar-refractivity contribution >= 4 is 35.6 Å². The Balaban J connectivity index is 0.000000261. The monoisotopic (exact) mass is 1080 g/mol. The van der Waals surface area contributed by atoms with Gasteiger partial charge in [0.1, 0.15) is 57.4 Å². The van der Waals surface area contributed by atoms with E-state index in [2.05, 4.69) is 28.8 Å². The molecule has 0 saturated heterocycles. The van der Waals surface area contributed by atoms with Crippen LogP contribution in [0.2, 0.25) is 0 Å². The average molecular weight is 1080 g/mol. The number of aliphatic hydroxyl groups excluding tert-OH is 2. The van der Waals surface area contributed by atoms with Crippen LogP contribution in [0.4, 0.5) is 0 Å². The largest absolute Gasteiger partial charge is 0.478 e. The number of nitrogens with two attached hydrogens (primary N) is 1. The molecule has 0 radical (unpaired) electrons. The minimum atomic E-state index is -0.946. The molecule has 78 heavy (non-hydrogen) atoms. The van der Waals surface area contributed by atoms with E-state index in [1.165, 1.54) is 6.26 Å². The zero-order chi connectivity index (χ0) is 57.4. The van der Waals surface area contributed by atoms with Gasteiger partial charge in [0.2, 0.25) is 0 Å². The van der Waals surface area contributed by atoms with E-state index in [9.17, 15) is 29.1 Å². The molecule has 7 rings (SSSR count). The molecular weight excluding hydrogens is 1000 g/mol. The number of ether oxygens (including phenoxy) is 5. The van der Waals surface area contributed by atoms with Gasteiger partial charge in [0.05, 0.1) is 24.8 Å². The highest BCUT2D eigenvalue weighted by Gasteiger charge is 2.28. The average Bonchev–Trinajstić information content (AvgIpc) is 4.27. The first-order valence-electron chi connectivity index (χ1n) is 25.7. The number of aliphatic imine (C=N–C) groups is 1. The fourth-order valence-electron chi connectivity index (χ4n) is 6.19. The molecule has 420 valence electrons. The zero-order valence-corrected chi connectivity index (χ0v) is 46.1. The number of rotatable bonds is 20. The summed E-state index contributed by atoms with van der Waals surface area (Å²) in [6.45, 7) is 17.8. The van der Waals surface area contributed by atoms with E-state index < -0.39 is 42.5 Å². The number of benzene rings is 4. The van der Waals surface area contributed by atoms with Crippen molar-refractivity contribution in [3.8, 4) is 0 Å². The highest BCUT2D eigenvalue weighted by Crippen LogP contribution is 2.17. The molecule has 1 aliphatic heterocycles. The topological polar surface area (TPSA) is 262 Å². The second kappa shape index (κ2) is 35.5. The van der Waals surface area contributed by atoms with E-state index in [4.69, 9.17) is 43.4 Å². The van der Waals surface area contributed by atoms with Crippen LogP contribution >= 0.6 is 0 Å². The van der Waals surface area contributed by atoms with E-state index in [-0.39, 0.29) is 74.7 Å². The summed E-state index contributed by atoms with van der Waals surface area (Å²) in [5, 5.41) is 17.7. The van der Waals surface area contributed by atoms with Gasteiger partial charge in [-0.1, -0.05) is 177 Å². The van der Waals surface area contributed by atoms with Gasteiger partial charge in [-0.15, -0.1) is 0 Å². The third-order valence-electron chi connectivity index (χ3n) is 10.8. The summed E-state index contributed by atoms with van der Waals surface area (Å²) in [5.74, 6) is -0.0897. The third kappa shape index (κ3) is 24.9. The van der Waals surface area contributed by atoms with Gasteiger partial charge in [0.25, 0.3) is 0 Å². The molecule has 0 saturated carbocycles. The standard InChI is InChI=1S/C15H20O4.C14H17NO3.C14H15NO3.C10H13NO3.C7H11NO/c1-11(2)14(17)8-13(9-16)15(18)19-10-12-6-4-3-5-7-12;2*1-10(2)13-15-12(9-17-13)14(16)18-8-11-6-4-3-5-7-11;11-9(6-12)10(13)14-7-8-4-2-1-3-5-8;1-5(2)7-8-6(3)4-9-7/h3-7,11,13,16H,8-10H2,1-2H3;3-7,10,12H,8-9H2,1-2H3;3-7,9-10H,8H2,1-2H3;1-5,9,12H,6-7,11H2;4-5H,1-3H3. The molecule has 0 bridgehead atoms. The Hall–Kier alpha value is -7.80. The minimum absolute atomic E-state index is 0.0296. The number of ketones is 1. The van der Waals surface area contributed by atoms with Crippen LogP contribution in [0.5, 0.6) is 0 Å². The normalized spacial score (nSPS) is 13.1. The van der Waals surface area contributed by atoms with Crippen LogP contribution in [0, 0.1) is 24.7 Å². The molecule has 4 N–H and O–H groups in total. The first-order valence-corrected chi connectivity index (χ1v) is 25.7. The van der Waals surface area contributed by atoms with E-state index in [1.807, 2.05) is 156 Å². The summed E-state index contributed by atoms with van der Waals surface area (Å²) in [5.41, 5.74) is 10.1. The number of aliphatic hydroxyl groups is 2. The molecule has 2 aromatic heterocycles. The molecule has 3 unspecified atom stereocenters. The molecule has 18 heteroatoms. The van der Waals surface area contributed by atoms with Gasteiger partial charge in [0, 0.05) is 30.1 Å². The van der Waals surface area contributed by atoms with E-state index in [0.29, 0.717) is 24.3 Å². The van der Waals surface area contributed by atoms with Crippen molar-refractivity contribution in [2.45, 2.75) is 119 Å². The van der Waals surface area contributed by atoms with Gasteiger partial charge < -0.3 is 48.5 Å². The second-order valence-electron chi connectivity index (χ2n) is 19.0. The van der Waals surface area contributed by atoms with Crippen molar-refractivity contribution in [1.82, 2.24) is 9.97 Å². The minimum Gasteiger partial charge on any atom is -0.478 e. The number of esters is 4. The Kier molecular flexibility index (Phi) is 29.4. The Morgan fingerprint density at radius 1 is 0.577 bits per heavy atom. The van der Waals surface area contributed by atoms with Crippen molar-refractivity contribution in [3.63, 3.8) is 0 Å². The van der Waals surface area contributed by atoms with E-state index in [0.717, 1.165) is 33.8 Å². The lowest BCUT2D eigenvalue weighted by Crippen LogP contribution is -2.35. The number of nitrogens with zero attached hydrogens (tertiary/aromatic N) is 3. The lowest BCUT2D eigenvalue weighted by atomic mass is 9.97. The van der Waals surface area contributed by atoms with Crippen molar-refractivity contribution in [3.05, 3.63) is 179 Å². The first-order chi connectivity index (χ1) is 37.3. The molecule has 3 atom stereocenters. The summed E-state index contributed by atoms with van der Waals surface area (Å²) in [6.07, 6.45) is 3.04. The van der Waals surface area contributed by atoms with Gasteiger partial charge in [-0.05, 0) is 29.2 Å². The van der Waals surface area contributed by atoms with Crippen molar-refractivity contribution < 1.29 is 66.7 Å². The Morgan fingerprint density at radius 2 is 1.01 bits per heavy atom. The number of hydrogen-bond acceptors (Lipinski definition) is 18. The van der Waals surface area contributed by atoms with Crippen molar-refractivity contribution in [2.75, 3.05) is 19.8 Å². The molecule has 1 aliphatic rings. The van der Waals surface area contributed by atoms with Crippen LogP contribution in [-0.4, -0.2) is 87.6 Å². The maximum absolute atomic E-state index is 11.8. The number of carbonyl (C=O) groups is 5. The number of aryl methyl sites for hydroxylation is 1. The lowest BCUT2D eigenvalue weighted by Gasteiger charge is -2.14. The summed E-state index contributed by atoms with van der Waals surface area (Å²) < 4.78 is 36.0. The van der Waals surface area contributed by atoms with Crippen LogP contribution < -0.4 is 5.73 Å². The SMILES string of the molecule is CC(C)C(=O)CC(CO)C(=O)OCc1ccccc1.CC(C)C1=NC(C(=O)OCc2ccccc2)CO1.CC(C)c1nc(C(=O)OCc2ccccc2)co1.Cc1coc(C(C)C)n1.NC(CO)C(=O)OCc1ccccc1. The molecule has 3 heterocycles. The van der Waals surface area contributed by atoms with Crippen molar-refractivity contribution in [2.24, 2.45) is 28.5 Å². The number of oxazole rings is 2. The Bertz CT molecular complexity index is 2690. The first kappa shape index (κ1) is 64.5. The van der Waals surface area contributed by atoms with Gasteiger partial charge in [-0.25, -0.2) is 24.5 Å². The number of hydrogen-bond donors (Lipinski definition) is 3. The molecule has 0 fully saturated rings. The van der Waals surface area contributed by atoms with Gasteiger partial charge in [-0.2, -0.15) is 0 Å². The van der Waals surface area contributed by atoms with Crippen LogP contribution in [-0.2, 0) is 69.3 Å². The van der Waals surface area contributed by atoms with E-state index in [1.54, 1.807) is 20.1 Å². The fourth-order valence-corrected chi connectivity index (χ4v) is 6.19. The van der Waals surface area contributed by atoms with Gasteiger partial charge in [0.15, 0.2) is 29.4 Å². The Labute approximate surface area is 457 Å². The molecule has 0 amide bonds. The maximum Gasteiger partial charge on any atom is 0.360 e. The molecular formula is C60H76N4O14. The smallest absolute Gasteiger partial charge is 0.360 e. The zero-order valence-electron chi connectivity index (χ0n) is 46.1. The predicted octanol–water partition coefficient (Wildman–Crippen LogP) is 9.45. The van der Waals surface area contributed by atoms with Crippen LogP contribution in [0.15, 0.2) is 148 Å². The highest BCUT2D eigenvalue weighted by atomic mass is 16.6. The molecule has 18 nitrogen and oxygen atoms in total. The lowest BCUT2D eigenvalue weighted by molar-refractivity contribution is -0.153. The maximum atomic E-state index is 11.8. The summed E-state index contributed by atoms with van der Waals surface area (Å²) >= 11 is 0. The highest BCUT2D eigenvalue weighted by molar-refractivity contribution is 5.87. The molecule has 0 aliphatic carbocycles. The molecule has 0 spiro atoms. The fraction of sp³-hybridized carbons (Fsp3) is 0.400. The summed E-state index contributed by atoms with van der Waals surface area (Å²) in [4.78, 5) is 70.3. The second-order valence-corrected chi connectivity index (χ2v) is 19.0. The van der Waals surface area contributed by atoms with Crippen LogP contribution in [0.1, 0.15) is 124 Å². The van der Waals surface area contributed by atoms with Crippen LogP contribution in [0.25, 0.3) is 0 Å². The molecule has 6 aromatic rings. The van der Waals surface area contributed by atoms with Crippen molar-refractivity contribution in [1.29, 1.82) is 0 Å². The molecule has 4 aromatic carbocycles. The predicted molar refractivity (Wildman–Crippen MR) is 292 cm³/mol. The van der Waals surface area contributed by atoms with Crippen LogP contribution in [0.3, 0.4) is 0 Å². The van der Waals surface area contributed by atoms with Gasteiger partial charge in [-0.3, -0.25) is 14.4 Å². The quantitative estimate of drug-likeness (QED) is 0.0475. The van der Waals surface area contributed by atoms with Gasteiger partial charge >= 0.3 is 23.9 Å².